The van der Waals surface area contributed by atoms with E-state index in [-0.39, 0.29) is 32.2 Å². The van der Waals surface area contributed by atoms with Crippen LogP contribution in [0.25, 0.3) is 0 Å². The molecule has 54 heavy (non-hydrogen) atoms. The van der Waals surface area contributed by atoms with Crippen molar-refractivity contribution in [2.45, 2.75) is 93.8 Å². The third-order valence-electron chi connectivity index (χ3n) is 8.43. The molecule has 8 atom stereocenters. The molecule has 0 bridgehead atoms. The molecule has 14 N–H and O–H groups in total. The second-order valence-electron chi connectivity index (χ2n) is 12.6. The third kappa shape index (κ3) is 14.4. The molecule has 1 aliphatic heterocycles. The van der Waals surface area contributed by atoms with E-state index in [0.29, 0.717) is 12.7 Å². The van der Waals surface area contributed by atoms with E-state index in [4.69, 9.17) is 5.84 Å². The highest BCUT2D eigenvalue weighted by Crippen LogP contribution is 2.09. The summed E-state index contributed by atoms with van der Waals surface area (Å²) in [4.78, 5) is 104. The van der Waals surface area contributed by atoms with Crippen molar-refractivity contribution in [2.24, 2.45) is 5.84 Å². The Morgan fingerprint density at radius 3 is 2.26 bits per heavy atom. The predicted octanol–water partition coefficient (Wildman–Crippen LogP) is -6.39. The molecule has 0 saturated carbocycles. The number of aliphatic hydroxyl groups excluding tert-OH is 4. The minimum absolute atomic E-state index is 0.00166. The fourth-order valence-corrected chi connectivity index (χ4v) is 5.21. The largest absolute Gasteiger partial charge is 0.394 e. The van der Waals surface area contributed by atoms with E-state index in [1.165, 1.54) is 6.92 Å². The van der Waals surface area contributed by atoms with Gasteiger partial charge >= 0.3 is 0 Å². The molecule has 21 nitrogen and oxygen atoms in total. The highest BCUT2D eigenvalue weighted by atomic mass is 16.3. The summed E-state index contributed by atoms with van der Waals surface area (Å²) < 4.78 is 0. The minimum atomic E-state index is -1.76. The Labute approximate surface area is 310 Å². The minimum Gasteiger partial charge on any atom is -0.394 e. The zero-order valence-corrected chi connectivity index (χ0v) is 29.8. The molecule has 0 aromatic heterocycles. The molecule has 1 aromatic rings. The molecule has 1 fully saturated rings. The molecular formula is C33H51N9O12. The van der Waals surface area contributed by atoms with Crippen molar-refractivity contribution in [3.63, 3.8) is 0 Å². The molecule has 300 valence electrons. The van der Waals surface area contributed by atoms with Crippen LogP contribution >= 0.6 is 0 Å². The first-order chi connectivity index (χ1) is 25.8. The summed E-state index contributed by atoms with van der Waals surface area (Å²) in [7, 11) is 0. The normalized spacial score (nSPS) is 23.4. The van der Waals surface area contributed by atoms with Crippen LogP contribution in [-0.4, -0.2) is 142 Å². The van der Waals surface area contributed by atoms with E-state index >= 15 is 0 Å². The smallest absolute Gasteiger partial charge is 0.241 e. The van der Waals surface area contributed by atoms with Crippen LogP contribution in [0.1, 0.15) is 44.6 Å². The summed E-state index contributed by atoms with van der Waals surface area (Å²) in [5.41, 5.74) is 12.7. The number of ketones is 4. The van der Waals surface area contributed by atoms with Gasteiger partial charge < -0.3 is 41.2 Å². The standard InChI is InChI=1S/C33H51N9O12/c1-18(47)27-31(52)29(50)22(40-39-20(14-43)15-44)9-5-6-12-35-26(48)11-10-21(36-33(54)25(17-46)41-42-27)28(49)30(51)24(16-45)37-32(53)23(38-34)13-19-7-3-2-4-8-19/h2-4,7-8,14,18,20-25,27,38-42,44-47H,5-6,9-13,15-17,34H2,1H3,(H,35,48)(H,36,54)(H,37,53)/t18-,20-,21?,22?,23+,24+,25+,27+/m1/s1. The van der Waals surface area contributed by atoms with Gasteiger partial charge in [-0.25, -0.2) is 27.1 Å². The number of benzene rings is 1. The molecule has 21 heteroatoms. The van der Waals surface area contributed by atoms with Crippen LogP contribution in [0.3, 0.4) is 0 Å². The topological polar surface area (TPSA) is 340 Å². The van der Waals surface area contributed by atoms with E-state index in [2.05, 4.69) is 43.1 Å². The number of nitrogens with one attached hydrogen (secondary N) is 8. The zero-order chi connectivity index (χ0) is 40.2. The van der Waals surface area contributed by atoms with Gasteiger partial charge in [-0.05, 0) is 44.6 Å². The first-order valence-corrected chi connectivity index (χ1v) is 17.3. The monoisotopic (exact) mass is 765 g/mol. The lowest BCUT2D eigenvalue weighted by molar-refractivity contribution is -0.142. The lowest BCUT2D eigenvalue weighted by atomic mass is 9.96. The Morgan fingerprint density at radius 2 is 1.67 bits per heavy atom. The number of carbonyl (C=O) groups is 8. The van der Waals surface area contributed by atoms with Gasteiger partial charge in [-0.2, -0.15) is 0 Å². The van der Waals surface area contributed by atoms with Gasteiger partial charge in [0.15, 0.2) is 0 Å². The summed E-state index contributed by atoms with van der Waals surface area (Å²) in [6.45, 7) is -1.36. The SMILES string of the molecule is C[C@@H](O)[C@@H]1NN[C@@H](CO)C(=O)NC(C(=O)C(=O)[C@H](CO)NC(=O)[C@H](Cc2ccccc2)NN)CCC(=O)NCCCCC(NN[C@H](C=O)CO)C(=O)C1=O. The summed E-state index contributed by atoms with van der Waals surface area (Å²) in [6.07, 6.45) is -1.33. The molecule has 2 rings (SSSR count). The second-order valence-corrected chi connectivity index (χ2v) is 12.6. The maximum Gasteiger partial charge on any atom is 0.241 e. The van der Waals surface area contributed by atoms with Crippen LogP contribution in [0.5, 0.6) is 0 Å². The number of hydrogen-bond acceptors (Lipinski definition) is 18. The van der Waals surface area contributed by atoms with Crippen molar-refractivity contribution in [2.75, 3.05) is 26.4 Å². The molecule has 0 radical (unpaired) electrons. The molecule has 1 aliphatic rings. The van der Waals surface area contributed by atoms with Gasteiger partial charge in [0.25, 0.3) is 0 Å². The number of rotatable bonds is 16. The molecule has 1 aromatic carbocycles. The van der Waals surface area contributed by atoms with Crippen LogP contribution < -0.4 is 48.9 Å². The Bertz CT molecular complexity index is 1430. The Morgan fingerprint density at radius 1 is 0.963 bits per heavy atom. The number of carbonyl (C=O) groups excluding carboxylic acids is 8. The van der Waals surface area contributed by atoms with Gasteiger partial charge in [-0.15, -0.1) is 0 Å². The van der Waals surface area contributed by atoms with Gasteiger partial charge in [-0.1, -0.05) is 30.3 Å². The average molecular weight is 766 g/mol. The van der Waals surface area contributed by atoms with Crippen LogP contribution in [0.2, 0.25) is 0 Å². The lowest BCUT2D eigenvalue weighted by Gasteiger charge is -2.27. The van der Waals surface area contributed by atoms with Crippen LogP contribution in [0, 0.1) is 0 Å². The second kappa shape index (κ2) is 24.1. The van der Waals surface area contributed by atoms with Gasteiger partial charge in [0, 0.05) is 13.0 Å². The number of Topliss-reactive ketones (excluding diaryl/α,β-unsaturated/α-hetero) is 4. The third-order valence-corrected chi connectivity index (χ3v) is 8.43. The van der Waals surface area contributed by atoms with Crippen molar-refractivity contribution >= 4 is 47.1 Å². The fraction of sp³-hybridized carbons (Fsp3) is 0.576. The quantitative estimate of drug-likeness (QED) is 0.0322. The van der Waals surface area contributed by atoms with E-state index in [0.717, 1.165) is 5.56 Å². The first kappa shape index (κ1) is 45.7. The Kier molecular flexibility index (Phi) is 20.4. The molecule has 0 spiro atoms. The molecular weight excluding hydrogens is 714 g/mol. The van der Waals surface area contributed by atoms with Crippen molar-refractivity contribution in [1.82, 2.24) is 43.1 Å². The number of aldehydes is 1. The van der Waals surface area contributed by atoms with Gasteiger partial charge in [-0.3, -0.25) is 39.4 Å². The van der Waals surface area contributed by atoms with E-state index < -0.39 is 115 Å². The molecule has 2 unspecified atom stereocenters. The Balaban J connectivity index is 2.29. The van der Waals surface area contributed by atoms with Crippen molar-refractivity contribution in [1.29, 1.82) is 0 Å². The van der Waals surface area contributed by atoms with Crippen molar-refractivity contribution in [3.05, 3.63) is 35.9 Å². The van der Waals surface area contributed by atoms with Crippen LogP contribution in [-0.2, 0) is 44.8 Å². The van der Waals surface area contributed by atoms with E-state index in [9.17, 15) is 58.8 Å². The summed E-state index contributed by atoms with van der Waals surface area (Å²) in [5, 5.41) is 46.8. The number of nitrogens with two attached hydrogens (primary N) is 1. The van der Waals surface area contributed by atoms with E-state index in [1.54, 1.807) is 30.3 Å². The maximum absolute atomic E-state index is 13.5. The average Bonchev–Trinajstić information content (AvgIpc) is 3.17. The molecule has 1 saturated heterocycles. The molecule has 1 heterocycles. The molecule has 3 amide bonds. The van der Waals surface area contributed by atoms with Crippen molar-refractivity contribution in [3.8, 4) is 0 Å². The van der Waals surface area contributed by atoms with Gasteiger partial charge in [0.05, 0.1) is 44.1 Å². The van der Waals surface area contributed by atoms with Crippen molar-refractivity contribution < 1.29 is 58.8 Å². The van der Waals surface area contributed by atoms with Gasteiger partial charge in [0.2, 0.25) is 40.9 Å². The lowest BCUT2D eigenvalue weighted by Crippen LogP contribution is -2.63. The highest BCUT2D eigenvalue weighted by molar-refractivity contribution is 6.42. The zero-order valence-electron chi connectivity index (χ0n) is 29.8. The summed E-state index contributed by atoms with van der Waals surface area (Å²) in [6, 6.07) is -1.51. The van der Waals surface area contributed by atoms with Crippen LogP contribution in [0.15, 0.2) is 30.3 Å². The highest BCUT2D eigenvalue weighted by Gasteiger charge is 2.37. The maximum atomic E-state index is 13.5. The number of amides is 3. The van der Waals surface area contributed by atoms with E-state index in [1.807, 2.05) is 0 Å². The Hall–Kier alpha value is -4.42. The summed E-state index contributed by atoms with van der Waals surface area (Å²) >= 11 is 0. The first-order valence-electron chi connectivity index (χ1n) is 17.3. The van der Waals surface area contributed by atoms with Crippen LogP contribution in [0.4, 0.5) is 0 Å². The summed E-state index contributed by atoms with van der Waals surface area (Å²) in [5.74, 6) is -1.79. The van der Waals surface area contributed by atoms with Gasteiger partial charge in [0.1, 0.15) is 30.5 Å². The predicted molar refractivity (Wildman–Crippen MR) is 188 cm³/mol. The fourth-order valence-electron chi connectivity index (χ4n) is 5.21. The number of aliphatic hydroxyl groups is 4. The molecule has 0 aliphatic carbocycles. The number of hydrazine groups is 3. The number of hydrogen-bond donors (Lipinski definition) is 13.